The van der Waals surface area contributed by atoms with Crippen molar-refractivity contribution in [3.05, 3.63) is 59.7 Å². The third kappa shape index (κ3) is 9.41. The largest absolute Gasteiger partial charge is 0.508 e. The van der Waals surface area contributed by atoms with E-state index in [1.807, 2.05) is 36.4 Å². The highest BCUT2D eigenvalue weighted by atomic mass is 28.4. The number of phenols is 2. The zero-order chi connectivity index (χ0) is 24.7. The van der Waals surface area contributed by atoms with Crippen LogP contribution < -0.4 is 0 Å². The molecule has 2 rings (SSSR count). The maximum atomic E-state index is 10.0. The van der Waals surface area contributed by atoms with Crippen molar-refractivity contribution in [2.75, 3.05) is 0 Å². The lowest BCUT2D eigenvalue weighted by Crippen LogP contribution is -2.55. The van der Waals surface area contributed by atoms with Crippen LogP contribution in [0.2, 0.25) is 51.4 Å². The zero-order valence-corrected chi connectivity index (χ0v) is 24.6. The van der Waals surface area contributed by atoms with E-state index in [1.165, 1.54) is 0 Å². The standard InChI is InChI=1S/C26H44O4Si3/c1-22(29-31(2,3)20-12-16-23-14-8-10-18-25(23)27)33(6,7)30-32(4,5)21-13-17-24-15-9-11-19-26(24)28/h8-11,14-15,18-19,22,27-28H,12-13,16-17,20-21H2,1-7H3. The molecular weight excluding hydrogens is 461 g/mol. The van der Waals surface area contributed by atoms with Gasteiger partial charge in [0.1, 0.15) is 11.5 Å². The summed E-state index contributed by atoms with van der Waals surface area (Å²) in [6.07, 6.45) is 3.83. The van der Waals surface area contributed by atoms with Gasteiger partial charge < -0.3 is 18.8 Å². The minimum Gasteiger partial charge on any atom is -0.508 e. The van der Waals surface area contributed by atoms with Crippen LogP contribution in [0.15, 0.2) is 48.5 Å². The Bertz CT molecular complexity index is 883. The number of aryl methyl sites for hydroxylation is 2. The molecule has 2 aromatic rings. The molecule has 0 heterocycles. The predicted octanol–water partition coefficient (Wildman–Crippen LogP) is 7.24. The Morgan fingerprint density at radius 3 is 1.58 bits per heavy atom. The number of benzene rings is 2. The summed E-state index contributed by atoms with van der Waals surface area (Å²) in [7, 11) is -5.69. The van der Waals surface area contributed by atoms with Gasteiger partial charge in [-0.3, -0.25) is 0 Å². The molecule has 0 fully saturated rings. The molecule has 1 unspecified atom stereocenters. The molecule has 0 amide bonds. The molecule has 0 spiro atoms. The Morgan fingerprint density at radius 2 is 1.12 bits per heavy atom. The van der Waals surface area contributed by atoms with E-state index in [1.54, 1.807) is 12.1 Å². The molecular formula is C26H44O4Si3. The number of aromatic hydroxyl groups is 2. The van der Waals surface area contributed by atoms with Crippen molar-refractivity contribution >= 4 is 25.0 Å². The van der Waals surface area contributed by atoms with E-state index >= 15 is 0 Å². The lowest BCUT2D eigenvalue weighted by atomic mass is 10.1. The van der Waals surface area contributed by atoms with Crippen molar-refractivity contribution < 1.29 is 18.8 Å². The fraction of sp³-hybridized carbons (Fsp3) is 0.538. The van der Waals surface area contributed by atoms with Gasteiger partial charge in [0.25, 0.3) is 0 Å². The molecule has 0 aliphatic carbocycles. The third-order valence-electron chi connectivity index (χ3n) is 6.45. The van der Waals surface area contributed by atoms with Crippen molar-refractivity contribution in [1.82, 2.24) is 0 Å². The molecule has 0 bridgehead atoms. The first-order chi connectivity index (χ1) is 15.3. The second-order valence-electron chi connectivity index (χ2n) is 10.9. The van der Waals surface area contributed by atoms with Crippen LogP contribution in [-0.2, 0) is 21.4 Å². The van der Waals surface area contributed by atoms with Crippen LogP contribution in [0.3, 0.4) is 0 Å². The van der Waals surface area contributed by atoms with Gasteiger partial charge in [-0.25, -0.2) is 0 Å². The van der Waals surface area contributed by atoms with Gasteiger partial charge >= 0.3 is 0 Å². The average molecular weight is 505 g/mol. The van der Waals surface area contributed by atoms with Gasteiger partial charge in [-0.2, -0.15) is 0 Å². The summed E-state index contributed by atoms with van der Waals surface area (Å²) in [5.74, 6) is 0.784. The van der Waals surface area contributed by atoms with Crippen LogP contribution in [-0.4, -0.2) is 40.9 Å². The molecule has 0 saturated heterocycles. The monoisotopic (exact) mass is 504 g/mol. The number of rotatable bonds is 13. The summed E-state index contributed by atoms with van der Waals surface area (Å²) in [4.78, 5) is 0. The molecule has 2 aromatic carbocycles. The van der Waals surface area contributed by atoms with Crippen molar-refractivity contribution in [3.63, 3.8) is 0 Å². The molecule has 1 atom stereocenters. The van der Waals surface area contributed by atoms with E-state index < -0.39 is 25.0 Å². The minimum absolute atomic E-state index is 0.147. The molecule has 0 aliphatic rings. The van der Waals surface area contributed by atoms with Gasteiger partial charge in [-0.15, -0.1) is 0 Å². The highest BCUT2D eigenvalue weighted by Crippen LogP contribution is 2.29. The SMILES string of the molecule is CC(O[Si](C)(C)CCCc1ccccc1O)[Si](C)(C)O[Si](C)(C)CCCc1ccccc1O. The summed E-state index contributed by atoms with van der Waals surface area (Å²) >= 11 is 0. The maximum absolute atomic E-state index is 10.0. The van der Waals surface area contributed by atoms with E-state index in [0.29, 0.717) is 11.5 Å². The summed E-state index contributed by atoms with van der Waals surface area (Å²) in [5, 5.41) is 20.0. The molecule has 2 N–H and O–H groups in total. The van der Waals surface area contributed by atoms with Crippen molar-refractivity contribution in [2.24, 2.45) is 0 Å². The van der Waals surface area contributed by atoms with Crippen molar-refractivity contribution in [1.29, 1.82) is 0 Å². The Labute approximate surface area is 204 Å². The Hall–Kier alpha value is -1.39. The number of para-hydroxylation sites is 2. The molecule has 33 heavy (non-hydrogen) atoms. The van der Waals surface area contributed by atoms with Gasteiger partial charge in [0.05, 0.1) is 5.73 Å². The van der Waals surface area contributed by atoms with Gasteiger partial charge in [0.2, 0.25) is 8.32 Å². The fourth-order valence-electron chi connectivity index (χ4n) is 4.38. The Morgan fingerprint density at radius 1 is 0.697 bits per heavy atom. The molecule has 4 nitrogen and oxygen atoms in total. The van der Waals surface area contributed by atoms with E-state index in [9.17, 15) is 10.2 Å². The van der Waals surface area contributed by atoms with Crippen LogP contribution in [0, 0.1) is 0 Å². The minimum atomic E-state index is -2.02. The van der Waals surface area contributed by atoms with E-state index in [0.717, 1.165) is 48.9 Å². The quantitative estimate of drug-likeness (QED) is 0.282. The fourth-order valence-corrected chi connectivity index (χ4v) is 16.4. The summed E-state index contributed by atoms with van der Waals surface area (Å²) in [5.41, 5.74) is 2.19. The number of hydrogen-bond acceptors (Lipinski definition) is 4. The van der Waals surface area contributed by atoms with Gasteiger partial charge in [-0.1, -0.05) is 36.4 Å². The van der Waals surface area contributed by atoms with E-state index in [4.69, 9.17) is 8.54 Å². The van der Waals surface area contributed by atoms with Crippen LogP contribution in [0.4, 0.5) is 0 Å². The smallest absolute Gasteiger partial charge is 0.201 e. The first kappa shape index (κ1) is 27.9. The van der Waals surface area contributed by atoms with Crippen LogP contribution in [0.25, 0.3) is 0 Å². The Kier molecular flexibility index (Phi) is 9.99. The first-order valence-corrected chi connectivity index (χ1v) is 21.4. The van der Waals surface area contributed by atoms with Crippen LogP contribution >= 0.6 is 0 Å². The number of hydrogen-bond donors (Lipinski definition) is 2. The van der Waals surface area contributed by atoms with E-state index in [2.05, 4.69) is 46.2 Å². The topological polar surface area (TPSA) is 58.9 Å². The summed E-state index contributed by atoms with van der Waals surface area (Å²) in [6, 6.07) is 17.4. The highest BCUT2D eigenvalue weighted by molar-refractivity contribution is 6.86. The molecule has 184 valence electrons. The Balaban J connectivity index is 1.83. The van der Waals surface area contributed by atoms with E-state index in [-0.39, 0.29) is 5.73 Å². The van der Waals surface area contributed by atoms with Crippen molar-refractivity contribution in [2.45, 2.75) is 89.7 Å². The predicted molar refractivity (Wildman–Crippen MR) is 147 cm³/mol. The van der Waals surface area contributed by atoms with Gasteiger partial charge in [-0.05, 0) is 107 Å². The molecule has 0 radical (unpaired) electrons. The lowest BCUT2D eigenvalue weighted by Gasteiger charge is -2.40. The lowest BCUT2D eigenvalue weighted by molar-refractivity contribution is 0.255. The second kappa shape index (κ2) is 11.8. The zero-order valence-electron chi connectivity index (χ0n) is 21.6. The second-order valence-corrected chi connectivity index (χ2v) is 24.1. The van der Waals surface area contributed by atoms with Crippen LogP contribution in [0.5, 0.6) is 11.5 Å². The molecule has 0 aliphatic heterocycles. The molecule has 7 heteroatoms. The third-order valence-corrected chi connectivity index (χ3v) is 17.2. The van der Waals surface area contributed by atoms with Gasteiger partial charge in [0.15, 0.2) is 16.6 Å². The maximum Gasteiger partial charge on any atom is 0.201 e. The molecule has 0 aromatic heterocycles. The molecule has 0 saturated carbocycles. The normalized spacial score (nSPS) is 13.8. The summed E-state index contributed by atoms with van der Waals surface area (Å²) < 4.78 is 13.6. The summed E-state index contributed by atoms with van der Waals surface area (Å²) in [6.45, 7) is 16.0. The average Bonchev–Trinajstić information content (AvgIpc) is 2.69. The first-order valence-electron chi connectivity index (χ1n) is 12.2. The highest BCUT2D eigenvalue weighted by Gasteiger charge is 2.40. The van der Waals surface area contributed by atoms with Crippen LogP contribution in [0.1, 0.15) is 30.9 Å². The number of phenolic OH excluding ortho intramolecular Hbond substituents is 2. The van der Waals surface area contributed by atoms with Gasteiger partial charge in [0, 0.05) is 0 Å². The van der Waals surface area contributed by atoms with Crippen molar-refractivity contribution in [3.8, 4) is 11.5 Å².